The molecule has 1 aromatic carbocycles. The highest BCUT2D eigenvalue weighted by Crippen LogP contribution is 2.34. The number of halogens is 1. The largest absolute Gasteiger partial charge is 0.468 e. The van der Waals surface area contributed by atoms with Crippen molar-refractivity contribution in [3.8, 4) is 16.9 Å². The second-order valence-electron chi connectivity index (χ2n) is 5.30. The van der Waals surface area contributed by atoms with Crippen LogP contribution < -0.4 is 10.5 Å². The number of nitrogens with two attached hydrogens (primary N) is 1. The van der Waals surface area contributed by atoms with Crippen molar-refractivity contribution in [2.24, 2.45) is 5.73 Å². The molecule has 0 aliphatic rings. The Labute approximate surface area is 143 Å². The minimum atomic E-state index is -0.597. The number of aryl methyl sites for hydroxylation is 1. The zero-order valence-corrected chi connectivity index (χ0v) is 14.0. The number of hydrogen-bond donors (Lipinski definition) is 1. The molecular formula is C17H16ClN3O3. The Morgan fingerprint density at radius 1 is 1.33 bits per heavy atom. The first-order valence-electron chi connectivity index (χ1n) is 7.20. The third-order valence-electron chi connectivity index (χ3n) is 3.69. The number of carbonyl (C=O) groups is 1. The van der Waals surface area contributed by atoms with Gasteiger partial charge >= 0.3 is 6.03 Å². The molecule has 2 heterocycles. The van der Waals surface area contributed by atoms with Crippen molar-refractivity contribution in [1.82, 2.24) is 9.55 Å². The molecule has 0 aliphatic carbocycles. The predicted octanol–water partition coefficient (Wildman–Crippen LogP) is 3.57. The summed E-state index contributed by atoms with van der Waals surface area (Å²) >= 11 is 6.00. The third kappa shape index (κ3) is 2.93. The van der Waals surface area contributed by atoms with Crippen LogP contribution in [-0.4, -0.2) is 29.5 Å². The minimum absolute atomic E-state index is 0.152. The molecule has 2 aromatic heterocycles. The summed E-state index contributed by atoms with van der Waals surface area (Å²) in [7, 11) is 1.56. The summed E-state index contributed by atoms with van der Waals surface area (Å²) < 4.78 is 11.8. The summed E-state index contributed by atoms with van der Waals surface area (Å²) in [6.45, 7) is 2.12. The van der Waals surface area contributed by atoms with E-state index in [2.05, 4.69) is 4.98 Å². The molecule has 0 saturated carbocycles. The standard InChI is InChI=1S/C17H16ClN3O3/c1-10-3-4-12(24-9-23-2)6-13(10)14-8-21(17(19)22)15-5-11(18)7-20-16(14)15/h3-8H,9H2,1-2H3,(H2,19,22). The van der Waals surface area contributed by atoms with E-state index in [4.69, 9.17) is 26.8 Å². The van der Waals surface area contributed by atoms with Crippen molar-refractivity contribution < 1.29 is 14.3 Å². The highest BCUT2D eigenvalue weighted by atomic mass is 35.5. The molecule has 2 N–H and O–H groups in total. The normalized spacial score (nSPS) is 11.0. The van der Waals surface area contributed by atoms with Gasteiger partial charge in [0, 0.05) is 25.1 Å². The van der Waals surface area contributed by atoms with E-state index in [9.17, 15) is 4.79 Å². The molecule has 0 fully saturated rings. The first-order valence-corrected chi connectivity index (χ1v) is 7.58. The monoisotopic (exact) mass is 345 g/mol. The van der Waals surface area contributed by atoms with Crippen molar-refractivity contribution in [3.05, 3.63) is 47.2 Å². The van der Waals surface area contributed by atoms with E-state index in [0.717, 1.165) is 16.7 Å². The molecule has 1 amide bonds. The Morgan fingerprint density at radius 2 is 2.12 bits per heavy atom. The maximum absolute atomic E-state index is 11.7. The lowest BCUT2D eigenvalue weighted by Gasteiger charge is -2.09. The van der Waals surface area contributed by atoms with Gasteiger partial charge in [-0.05, 0) is 36.2 Å². The molecular weight excluding hydrogens is 330 g/mol. The zero-order valence-electron chi connectivity index (χ0n) is 13.2. The van der Waals surface area contributed by atoms with Crippen LogP contribution in [-0.2, 0) is 4.74 Å². The second kappa shape index (κ2) is 6.51. The number of amides is 1. The van der Waals surface area contributed by atoms with Gasteiger partial charge in [-0.15, -0.1) is 0 Å². The van der Waals surface area contributed by atoms with Gasteiger partial charge in [0.05, 0.1) is 16.1 Å². The summed E-state index contributed by atoms with van der Waals surface area (Å²) in [5.74, 6) is 0.659. The fraction of sp³-hybridized carbons (Fsp3) is 0.176. The Morgan fingerprint density at radius 3 is 2.83 bits per heavy atom. The molecule has 0 atom stereocenters. The number of carbonyl (C=O) groups excluding carboxylic acids is 1. The van der Waals surface area contributed by atoms with Crippen LogP contribution in [0, 0.1) is 6.92 Å². The molecule has 3 aromatic rings. The fourth-order valence-electron chi connectivity index (χ4n) is 2.57. The fourth-order valence-corrected chi connectivity index (χ4v) is 2.72. The SMILES string of the molecule is COCOc1ccc(C)c(-c2cn(C(N)=O)c3cc(Cl)cnc23)c1. The number of primary amides is 1. The van der Waals surface area contributed by atoms with Crippen LogP contribution in [0.5, 0.6) is 5.75 Å². The number of nitrogens with zero attached hydrogens (tertiary/aromatic N) is 2. The molecule has 0 saturated heterocycles. The van der Waals surface area contributed by atoms with E-state index < -0.39 is 6.03 Å². The van der Waals surface area contributed by atoms with Gasteiger partial charge in [-0.25, -0.2) is 4.79 Å². The Bertz CT molecular complexity index is 921. The van der Waals surface area contributed by atoms with Crippen molar-refractivity contribution in [2.75, 3.05) is 13.9 Å². The summed E-state index contributed by atoms with van der Waals surface area (Å²) in [5.41, 5.74) is 9.36. The maximum Gasteiger partial charge on any atom is 0.323 e. The van der Waals surface area contributed by atoms with E-state index >= 15 is 0 Å². The number of aromatic nitrogens is 2. The number of methoxy groups -OCH3 is 1. The number of ether oxygens (including phenoxy) is 2. The average molecular weight is 346 g/mol. The number of benzene rings is 1. The molecule has 124 valence electrons. The van der Waals surface area contributed by atoms with E-state index in [1.54, 1.807) is 25.6 Å². The van der Waals surface area contributed by atoms with Gasteiger partial charge in [-0.2, -0.15) is 0 Å². The number of fused-ring (bicyclic) bond motifs is 1. The van der Waals surface area contributed by atoms with Gasteiger partial charge in [-0.1, -0.05) is 17.7 Å². The molecule has 0 aliphatic heterocycles. The quantitative estimate of drug-likeness (QED) is 0.733. The van der Waals surface area contributed by atoms with E-state index in [0.29, 0.717) is 21.8 Å². The summed E-state index contributed by atoms with van der Waals surface area (Å²) in [6, 6.07) is 6.74. The van der Waals surface area contributed by atoms with E-state index in [-0.39, 0.29) is 6.79 Å². The lowest BCUT2D eigenvalue weighted by molar-refractivity contribution is 0.0511. The minimum Gasteiger partial charge on any atom is -0.468 e. The third-order valence-corrected chi connectivity index (χ3v) is 3.89. The number of rotatable bonds is 4. The van der Waals surface area contributed by atoms with Crippen LogP contribution in [0.3, 0.4) is 0 Å². The van der Waals surface area contributed by atoms with Crippen molar-refractivity contribution in [2.45, 2.75) is 6.92 Å². The summed E-state index contributed by atoms with van der Waals surface area (Å²) in [4.78, 5) is 16.1. The average Bonchev–Trinajstić information content (AvgIpc) is 2.92. The molecule has 7 heteroatoms. The van der Waals surface area contributed by atoms with Gasteiger partial charge in [0.25, 0.3) is 0 Å². The van der Waals surface area contributed by atoms with Crippen LogP contribution >= 0.6 is 11.6 Å². The Hall–Kier alpha value is -2.57. The molecule has 0 unspecified atom stereocenters. The number of pyridine rings is 1. The Balaban J connectivity index is 2.21. The highest BCUT2D eigenvalue weighted by Gasteiger charge is 2.16. The topological polar surface area (TPSA) is 79.4 Å². The van der Waals surface area contributed by atoms with Crippen LogP contribution in [0.1, 0.15) is 5.56 Å². The molecule has 0 radical (unpaired) electrons. The van der Waals surface area contributed by atoms with Crippen LogP contribution in [0.2, 0.25) is 5.02 Å². The highest BCUT2D eigenvalue weighted by molar-refractivity contribution is 6.31. The van der Waals surface area contributed by atoms with Crippen molar-refractivity contribution >= 4 is 28.7 Å². The zero-order chi connectivity index (χ0) is 17.3. The summed E-state index contributed by atoms with van der Waals surface area (Å²) in [5, 5.41) is 0.434. The molecule has 24 heavy (non-hydrogen) atoms. The van der Waals surface area contributed by atoms with E-state index in [1.807, 2.05) is 25.1 Å². The van der Waals surface area contributed by atoms with Crippen LogP contribution in [0.15, 0.2) is 36.7 Å². The lowest BCUT2D eigenvalue weighted by atomic mass is 10.0. The predicted molar refractivity (Wildman–Crippen MR) is 92.4 cm³/mol. The second-order valence-corrected chi connectivity index (χ2v) is 5.74. The van der Waals surface area contributed by atoms with Crippen LogP contribution in [0.4, 0.5) is 4.79 Å². The molecule has 3 rings (SSSR count). The van der Waals surface area contributed by atoms with Crippen molar-refractivity contribution in [1.29, 1.82) is 0 Å². The first-order chi connectivity index (χ1) is 11.5. The van der Waals surface area contributed by atoms with Gasteiger partial charge in [0.15, 0.2) is 6.79 Å². The maximum atomic E-state index is 11.7. The van der Waals surface area contributed by atoms with Gasteiger partial charge in [-0.3, -0.25) is 9.55 Å². The van der Waals surface area contributed by atoms with Gasteiger partial charge < -0.3 is 15.2 Å². The van der Waals surface area contributed by atoms with Gasteiger partial charge in [0.2, 0.25) is 0 Å². The molecule has 6 nitrogen and oxygen atoms in total. The van der Waals surface area contributed by atoms with Gasteiger partial charge in [0.1, 0.15) is 5.75 Å². The lowest BCUT2D eigenvalue weighted by Crippen LogP contribution is -2.18. The first kappa shape index (κ1) is 16.3. The molecule has 0 bridgehead atoms. The number of hydrogen-bond acceptors (Lipinski definition) is 4. The van der Waals surface area contributed by atoms with Crippen LogP contribution in [0.25, 0.3) is 22.2 Å². The summed E-state index contributed by atoms with van der Waals surface area (Å²) in [6.07, 6.45) is 3.21. The Kier molecular flexibility index (Phi) is 4.42. The smallest absolute Gasteiger partial charge is 0.323 e. The van der Waals surface area contributed by atoms with Crippen molar-refractivity contribution in [3.63, 3.8) is 0 Å². The van der Waals surface area contributed by atoms with E-state index in [1.165, 1.54) is 4.57 Å². The molecule has 0 spiro atoms.